The van der Waals surface area contributed by atoms with Crippen LogP contribution in [0.1, 0.15) is 35.7 Å². The number of carbonyl (C=O) groups is 1. The summed E-state index contributed by atoms with van der Waals surface area (Å²) in [5.41, 5.74) is 4.08. The standard InChI is InChI=1S/C24H20Cl3N5OS/c1-2-3-4-14-5-8-16(9-6-14)32-30-21-12-19(27)20(13-22(21)31-32)28-24(34)29-23(33)17-11-15(25)7-10-18(17)26/h5-13H,2-4H2,1H3,(H2,28,29,33,34). The van der Waals surface area contributed by atoms with E-state index >= 15 is 0 Å². The average Bonchev–Trinajstić information content (AvgIpc) is 3.22. The van der Waals surface area contributed by atoms with Gasteiger partial charge in [0.2, 0.25) is 0 Å². The van der Waals surface area contributed by atoms with Crippen LogP contribution in [-0.4, -0.2) is 26.0 Å². The second-order valence-corrected chi connectivity index (χ2v) is 9.27. The van der Waals surface area contributed by atoms with Crippen molar-refractivity contribution in [3.8, 4) is 5.69 Å². The second-order valence-electron chi connectivity index (χ2n) is 7.61. The maximum absolute atomic E-state index is 12.5. The van der Waals surface area contributed by atoms with Gasteiger partial charge in [-0.1, -0.05) is 60.3 Å². The molecule has 0 unspecified atom stereocenters. The van der Waals surface area contributed by atoms with E-state index in [0.717, 1.165) is 24.9 Å². The largest absolute Gasteiger partial charge is 0.331 e. The van der Waals surface area contributed by atoms with Crippen molar-refractivity contribution in [1.82, 2.24) is 20.3 Å². The number of hydrogen-bond donors (Lipinski definition) is 2. The average molecular weight is 533 g/mol. The number of aromatic nitrogens is 3. The lowest BCUT2D eigenvalue weighted by Gasteiger charge is -2.11. The van der Waals surface area contributed by atoms with Gasteiger partial charge in [0.05, 0.1) is 27.0 Å². The Bertz CT molecular complexity index is 1370. The number of hydrogen-bond acceptors (Lipinski definition) is 4. The van der Waals surface area contributed by atoms with E-state index in [0.29, 0.717) is 26.8 Å². The molecule has 0 radical (unpaired) electrons. The molecule has 1 heterocycles. The Morgan fingerprint density at radius 3 is 2.38 bits per heavy atom. The number of nitrogens with one attached hydrogen (secondary N) is 2. The lowest BCUT2D eigenvalue weighted by atomic mass is 10.1. The van der Waals surface area contributed by atoms with Crippen LogP contribution in [0.2, 0.25) is 15.1 Å². The number of amides is 1. The summed E-state index contributed by atoms with van der Waals surface area (Å²) in [6.45, 7) is 2.18. The van der Waals surface area contributed by atoms with Crippen molar-refractivity contribution < 1.29 is 4.79 Å². The van der Waals surface area contributed by atoms with Gasteiger partial charge in [-0.3, -0.25) is 10.1 Å². The molecule has 3 aromatic carbocycles. The van der Waals surface area contributed by atoms with Gasteiger partial charge in [0.25, 0.3) is 5.91 Å². The van der Waals surface area contributed by atoms with Gasteiger partial charge in [0.1, 0.15) is 11.0 Å². The predicted molar refractivity (Wildman–Crippen MR) is 143 cm³/mol. The number of benzene rings is 3. The summed E-state index contributed by atoms with van der Waals surface area (Å²) in [5.74, 6) is -0.490. The fourth-order valence-electron chi connectivity index (χ4n) is 3.32. The third kappa shape index (κ3) is 5.67. The molecule has 34 heavy (non-hydrogen) atoms. The smallest absolute Gasteiger partial charge is 0.258 e. The van der Waals surface area contributed by atoms with Crippen LogP contribution < -0.4 is 10.6 Å². The van der Waals surface area contributed by atoms with E-state index in [2.05, 4.69) is 39.9 Å². The van der Waals surface area contributed by atoms with Crippen LogP contribution >= 0.6 is 47.0 Å². The van der Waals surface area contributed by atoms with Gasteiger partial charge in [-0.15, -0.1) is 10.2 Å². The Labute approximate surface area is 217 Å². The first-order valence-electron chi connectivity index (χ1n) is 10.6. The fourth-order valence-corrected chi connectivity index (χ4v) is 4.10. The van der Waals surface area contributed by atoms with Crippen LogP contribution in [-0.2, 0) is 6.42 Å². The second kappa shape index (κ2) is 10.7. The highest BCUT2D eigenvalue weighted by Gasteiger charge is 2.15. The Morgan fingerprint density at radius 1 is 0.971 bits per heavy atom. The normalized spacial score (nSPS) is 10.9. The van der Waals surface area contributed by atoms with E-state index < -0.39 is 5.91 Å². The van der Waals surface area contributed by atoms with Crippen molar-refractivity contribution in [2.75, 3.05) is 5.32 Å². The molecule has 0 spiro atoms. The van der Waals surface area contributed by atoms with E-state index in [1.165, 1.54) is 11.6 Å². The van der Waals surface area contributed by atoms with Crippen molar-refractivity contribution in [2.45, 2.75) is 26.2 Å². The molecule has 0 aliphatic heterocycles. The number of nitrogens with zero attached hydrogens (tertiary/aromatic N) is 3. The highest BCUT2D eigenvalue weighted by molar-refractivity contribution is 7.80. The maximum Gasteiger partial charge on any atom is 0.258 e. The number of aryl methyl sites for hydroxylation is 1. The molecule has 1 aromatic heterocycles. The van der Waals surface area contributed by atoms with Crippen molar-refractivity contribution in [2.24, 2.45) is 0 Å². The number of unbranched alkanes of at least 4 members (excludes halogenated alkanes) is 1. The summed E-state index contributed by atoms with van der Waals surface area (Å²) < 4.78 is 0. The third-order valence-electron chi connectivity index (χ3n) is 5.10. The van der Waals surface area contributed by atoms with E-state index in [1.807, 2.05) is 12.1 Å². The molecule has 0 bridgehead atoms. The minimum atomic E-state index is -0.490. The molecule has 174 valence electrons. The van der Waals surface area contributed by atoms with Gasteiger partial charge in [0.15, 0.2) is 5.11 Å². The van der Waals surface area contributed by atoms with Gasteiger partial charge < -0.3 is 5.32 Å². The number of fused-ring (bicyclic) bond motifs is 1. The number of rotatable bonds is 6. The van der Waals surface area contributed by atoms with Crippen LogP contribution in [0.3, 0.4) is 0 Å². The van der Waals surface area contributed by atoms with Gasteiger partial charge in [-0.25, -0.2) is 0 Å². The zero-order valence-electron chi connectivity index (χ0n) is 18.1. The van der Waals surface area contributed by atoms with Crippen molar-refractivity contribution in [3.63, 3.8) is 0 Å². The molecule has 0 aliphatic rings. The Balaban J connectivity index is 1.50. The first-order chi connectivity index (χ1) is 16.3. The zero-order chi connectivity index (χ0) is 24.2. The van der Waals surface area contributed by atoms with Crippen molar-refractivity contribution >= 4 is 74.8 Å². The quantitative estimate of drug-likeness (QED) is 0.266. The molecule has 10 heteroatoms. The summed E-state index contributed by atoms with van der Waals surface area (Å²) >= 11 is 23.7. The summed E-state index contributed by atoms with van der Waals surface area (Å²) in [4.78, 5) is 14.1. The van der Waals surface area contributed by atoms with Gasteiger partial charge in [-0.2, -0.15) is 4.80 Å². The molecule has 4 aromatic rings. The lowest BCUT2D eigenvalue weighted by molar-refractivity contribution is 0.0978. The van der Waals surface area contributed by atoms with Crippen LogP contribution in [0.25, 0.3) is 16.7 Å². The first kappa shape index (κ1) is 24.4. The van der Waals surface area contributed by atoms with E-state index in [-0.39, 0.29) is 15.7 Å². The topological polar surface area (TPSA) is 71.8 Å². The molecular weight excluding hydrogens is 513 g/mol. The molecule has 0 atom stereocenters. The monoisotopic (exact) mass is 531 g/mol. The molecule has 0 saturated carbocycles. The van der Waals surface area contributed by atoms with Crippen LogP contribution in [0.5, 0.6) is 0 Å². The van der Waals surface area contributed by atoms with Gasteiger partial charge in [0, 0.05) is 5.02 Å². The number of thiocarbonyl (C=S) groups is 1. The summed E-state index contributed by atoms with van der Waals surface area (Å²) in [5, 5.41) is 15.7. The van der Waals surface area contributed by atoms with Crippen LogP contribution in [0.4, 0.5) is 5.69 Å². The molecule has 6 nitrogen and oxygen atoms in total. The molecular formula is C24H20Cl3N5OS. The van der Waals surface area contributed by atoms with Crippen molar-refractivity contribution in [1.29, 1.82) is 0 Å². The summed E-state index contributed by atoms with van der Waals surface area (Å²) in [6.07, 6.45) is 3.37. The SMILES string of the molecule is CCCCc1ccc(-n2nc3cc(Cl)c(NC(=S)NC(=O)c4cc(Cl)ccc4Cl)cc3n2)cc1. The van der Waals surface area contributed by atoms with E-state index in [1.54, 1.807) is 29.1 Å². The number of anilines is 1. The Hall–Kier alpha value is -2.71. The first-order valence-corrected chi connectivity index (χ1v) is 12.1. The minimum absolute atomic E-state index is 0.0531. The molecule has 2 N–H and O–H groups in total. The van der Waals surface area contributed by atoms with E-state index in [9.17, 15) is 4.79 Å². The highest BCUT2D eigenvalue weighted by Crippen LogP contribution is 2.27. The summed E-state index contributed by atoms with van der Waals surface area (Å²) in [6, 6.07) is 16.2. The van der Waals surface area contributed by atoms with Crippen LogP contribution in [0.15, 0.2) is 54.6 Å². The molecule has 1 amide bonds. The third-order valence-corrected chi connectivity index (χ3v) is 6.19. The molecule has 4 rings (SSSR count). The Kier molecular flexibility index (Phi) is 7.68. The number of halogens is 3. The lowest BCUT2D eigenvalue weighted by Crippen LogP contribution is -2.34. The van der Waals surface area contributed by atoms with Crippen LogP contribution in [0, 0.1) is 0 Å². The zero-order valence-corrected chi connectivity index (χ0v) is 21.2. The number of carbonyl (C=O) groups excluding carboxylic acids is 1. The minimum Gasteiger partial charge on any atom is -0.331 e. The fraction of sp³-hybridized carbons (Fsp3) is 0.167. The highest BCUT2D eigenvalue weighted by atomic mass is 35.5. The molecule has 0 saturated heterocycles. The maximum atomic E-state index is 12.5. The predicted octanol–water partition coefficient (Wildman–Crippen LogP) is 6.85. The Morgan fingerprint density at radius 2 is 1.68 bits per heavy atom. The molecule has 0 aliphatic carbocycles. The summed E-state index contributed by atoms with van der Waals surface area (Å²) in [7, 11) is 0. The van der Waals surface area contributed by atoms with Crippen molar-refractivity contribution in [3.05, 3.63) is 80.8 Å². The molecule has 0 fully saturated rings. The van der Waals surface area contributed by atoms with E-state index in [4.69, 9.17) is 47.0 Å². The van der Waals surface area contributed by atoms with Gasteiger partial charge in [-0.05, 0) is 73.1 Å². The van der Waals surface area contributed by atoms with Gasteiger partial charge >= 0.3 is 0 Å².